The second kappa shape index (κ2) is 8.79. The van der Waals surface area contributed by atoms with Crippen molar-refractivity contribution >= 4 is 17.5 Å². The zero-order valence-electron chi connectivity index (χ0n) is 17.6. The lowest BCUT2D eigenvalue weighted by Gasteiger charge is -2.42. The van der Waals surface area contributed by atoms with E-state index in [1.165, 1.54) is 5.56 Å². The molecule has 8 nitrogen and oxygen atoms in total. The van der Waals surface area contributed by atoms with E-state index < -0.39 is 0 Å². The molecule has 0 unspecified atom stereocenters. The van der Waals surface area contributed by atoms with Crippen LogP contribution >= 0.6 is 0 Å². The number of ether oxygens (including phenoxy) is 1. The SMILES string of the molecule is N#Cc1ccnc(Nc2cc(C3CCN(C4COC4)CC3)cc(N3CC(CO)C3)n2)c1. The zero-order valence-corrected chi connectivity index (χ0v) is 17.6. The minimum Gasteiger partial charge on any atom is -0.396 e. The standard InChI is InChI=1S/C23H28N6O2/c24-10-16-1-4-25-21(7-16)26-22-8-19(9-23(27-22)29-11-17(12-29)13-30)18-2-5-28(6-3-18)20-14-31-15-20/h1,4,7-9,17-18,20,30H,2-3,5-6,11-15H2,(H,25,26,27). The predicted octanol–water partition coefficient (Wildman–Crippen LogP) is 2.10. The fourth-order valence-electron chi connectivity index (χ4n) is 4.60. The van der Waals surface area contributed by atoms with Gasteiger partial charge in [0.2, 0.25) is 0 Å². The van der Waals surface area contributed by atoms with Crippen molar-refractivity contribution in [3.05, 3.63) is 41.6 Å². The van der Waals surface area contributed by atoms with Gasteiger partial charge in [-0.1, -0.05) is 0 Å². The van der Waals surface area contributed by atoms with E-state index in [2.05, 4.69) is 38.3 Å². The molecule has 0 aliphatic carbocycles. The highest BCUT2D eigenvalue weighted by Crippen LogP contribution is 2.34. The summed E-state index contributed by atoms with van der Waals surface area (Å²) in [4.78, 5) is 13.9. The van der Waals surface area contributed by atoms with Crippen molar-refractivity contribution in [1.82, 2.24) is 14.9 Å². The van der Waals surface area contributed by atoms with Gasteiger partial charge in [0.1, 0.15) is 17.5 Å². The Hall–Kier alpha value is -2.73. The molecule has 3 aliphatic rings. The smallest absolute Gasteiger partial charge is 0.134 e. The minimum absolute atomic E-state index is 0.218. The summed E-state index contributed by atoms with van der Waals surface area (Å²) in [6, 6.07) is 10.5. The second-order valence-corrected chi connectivity index (χ2v) is 8.77. The van der Waals surface area contributed by atoms with E-state index in [-0.39, 0.29) is 6.61 Å². The summed E-state index contributed by atoms with van der Waals surface area (Å²) in [6.45, 7) is 5.81. The number of likely N-dealkylation sites (tertiary alicyclic amines) is 1. The van der Waals surface area contributed by atoms with Crippen LogP contribution in [0.2, 0.25) is 0 Å². The van der Waals surface area contributed by atoms with Crippen molar-refractivity contribution in [2.75, 3.05) is 56.2 Å². The van der Waals surface area contributed by atoms with Gasteiger partial charge >= 0.3 is 0 Å². The summed E-state index contributed by atoms with van der Waals surface area (Å²) < 4.78 is 5.36. The molecular formula is C23H28N6O2. The Balaban J connectivity index is 1.36. The number of nitrogens with zero attached hydrogens (tertiary/aromatic N) is 5. The van der Waals surface area contributed by atoms with Crippen molar-refractivity contribution in [3.8, 4) is 6.07 Å². The maximum Gasteiger partial charge on any atom is 0.134 e. The Labute approximate surface area is 182 Å². The number of hydrogen-bond acceptors (Lipinski definition) is 8. The number of nitrogens with one attached hydrogen (secondary N) is 1. The van der Waals surface area contributed by atoms with E-state index in [1.807, 2.05) is 0 Å². The number of aromatic nitrogens is 2. The minimum atomic E-state index is 0.218. The molecule has 5 heterocycles. The molecule has 3 aliphatic heterocycles. The molecule has 2 aromatic rings. The van der Waals surface area contributed by atoms with Gasteiger partial charge in [-0.25, -0.2) is 9.97 Å². The molecular weight excluding hydrogens is 392 g/mol. The van der Waals surface area contributed by atoms with Crippen LogP contribution in [0.3, 0.4) is 0 Å². The Morgan fingerprint density at radius 1 is 1.16 bits per heavy atom. The molecule has 0 spiro atoms. The lowest BCUT2D eigenvalue weighted by Crippen LogP contribution is -2.51. The van der Waals surface area contributed by atoms with Crippen LogP contribution in [0.1, 0.15) is 29.9 Å². The summed E-state index contributed by atoms with van der Waals surface area (Å²) >= 11 is 0. The molecule has 0 radical (unpaired) electrons. The fraction of sp³-hybridized carbons (Fsp3) is 0.522. The van der Waals surface area contributed by atoms with Crippen LogP contribution in [0.4, 0.5) is 17.5 Å². The van der Waals surface area contributed by atoms with Gasteiger partial charge in [0.15, 0.2) is 0 Å². The van der Waals surface area contributed by atoms with Crippen LogP contribution in [0.15, 0.2) is 30.5 Å². The van der Waals surface area contributed by atoms with Crippen LogP contribution in [0.5, 0.6) is 0 Å². The number of pyridine rings is 2. The number of aliphatic hydroxyl groups is 1. The topological polar surface area (TPSA) is 97.5 Å². The van der Waals surface area contributed by atoms with Gasteiger partial charge in [-0.3, -0.25) is 4.90 Å². The first-order valence-corrected chi connectivity index (χ1v) is 11.0. The van der Waals surface area contributed by atoms with E-state index in [1.54, 1.807) is 18.3 Å². The lowest BCUT2D eigenvalue weighted by atomic mass is 9.88. The highest BCUT2D eigenvalue weighted by atomic mass is 16.5. The first kappa shape index (κ1) is 20.2. The van der Waals surface area contributed by atoms with Gasteiger partial charge in [-0.15, -0.1) is 0 Å². The molecule has 0 atom stereocenters. The molecule has 0 saturated carbocycles. The molecule has 3 saturated heterocycles. The van der Waals surface area contributed by atoms with Gasteiger partial charge < -0.3 is 20.1 Å². The van der Waals surface area contributed by atoms with Gasteiger partial charge in [0.25, 0.3) is 0 Å². The third-order valence-corrected chi connectivity index (χ3v) is 6.66. The number of anilines is 3. The highest BCUT2D eigenvalue weighted by molar-refractivity contribution is 5.59. The third kappa shape index (κ3) is 4.35. The zero-order chi connectivity index (χ0) is 21.2. The van der Waals surface area contributed by atoms with Gasteiger partial charge in [-0.2, -0.15) is 5.26 Å². The molecule has 0 aromatic carbocycles. The number of rotatable bonds is 6. The molecule has 162 valence electrons. The number of aliphatic hydroxyl groups excluding tert-OH is 1. The van der Waals surface area contributed by atoms with E-state index in [0.717, 1.165) is 63.9 Å². The Morgan fingerprint density at radius 2 is 1.97 bits per heavy atom. The lowest BCUT2D eigenvalue weighted by molar-refractivity contribution is -0.0712. The highest BCUT2D eigenvalue weighted by Gasteiger charge is 2.31. The molecule has 8 heteroatoms. The molecule has 3 fully saturated rings. The monoisotopic (exact) mass is 420 g/mol. The molecule has 31 heavy (non-hydrogen) atoms. The first-order chi connectivity index (χ1) is 15.2. The number of hydrogen-bond donors (Lipinski definition) is 2. The van der Waals surface area contributed by atoms with Crippen molar-refractivity contribution in [2.45, 2.75) is 24.8 Å². The molecule has 2 aromatic heterocycles. The van der Waals surface area contributed by atoms with Crippen LogP contribution in [0, 0.1) is 17.2 Å². The Morgan fingerprint density at radius 3 is 2.65 bits per heavy atom. The van der Waals surface area contributed by atoms with E-state index in [4.69, 9.17) is 15.0 Å². The van der Waals surface area contributed by atoms with Gasteiger partial charge in [-0.05, 0) is 61.7 Å². The van der Waals surface area contributed by atoms with Crippen molar-refractivity contribution in [3.63, 3.8) is 0 Å². The Kier molecular flexibility index (Phi) is 5.72. The summed E-state index contributed by atoms with van der Waals surface area (Å²) in [6.07, 6.45) is 3.88. The van der Waals surface area contributed by atoms with Crippen LogP contribution < -0.4 is 10.2 Å². The molecule has 5 rings (SSSR count). The average molecular weight is 421 g/mol. The molecule has 0 amide bonds. The van der Waals surface area contributed by atoms with Crippen molar-refractivity contribution in [1.29, 1.82) is 5.26 Å². The summed E-state index contributed by atoms with van der Waals surface area (Å²) in [7, 11) is 0. The van der Waals surface area contributed by atoms with Gasteiger partial charge in [0, 0.05) is 31.8 Å². The van der Waals surface area contributed by atoms with E-state index >= 15 is 0 Å². The van der Waals surface area contributed by atoms with Crippen LogP contribution in [-0.4, -0.2) is 72.0 Å². The second-order valence-electron chi connectivity index (χ2n) is 8.77. The van der Waals surface area contributed by atoms with Crippen molar-refractivity contribution in [2.24, 2.45) is 5.92 Å². The summed E-state index contributed by atoms with van der Waals surface area (Å²) in [5.41, 5.74) is 1.86. The van der Waals surface area contributed by atoms with E-state index in [9.17, 15) is 5.11 Å². The number of piperidine rings is 1. The molecule has 2 N–H and O–H groups in total. The average Bonchev–Trinajstić information content (AvgIpc) is 2.72. The Bertz CT molecular complexity index is 959. The summed E-state index contributed by atoms with van der Waals surface area (Å²) in [5.74, 6) is 3.12. The quantitative estimate of drug-likeness (QED) is 0.733. The normalized spacial score (nSPS) is 20.7. The summed E-state index contributed by atoms with van der Waals surface area (Å²) in [5, 5.41) is 21.9. The maximum absolute atomic E-state index is 9.40. The van der Waals surface area contributed by atoms with Crippen molar-refractivity contribution < 1.29 is 9.84 Å². The van der Waals surface area contributed by atoms with Crippen LogP contribution in [-0.2, 0) is 4.74 Å². The fourth-order valence-corrected chi connectivity index (χ4v) is 4.60. The predicted molar refractivity (Wildman–Crippen MR) is 117 cm³/mol. The van der Waals surface area contributed by atoms with E-state index in [0.29, 0.717) is 29.3 Å². The molecule has 0 bridgehead atoms. The third-order valence-electron chi connectivity index (χ3n) is 6.66. The first-order valence-electron chi connectivity index (χ1n) is 11.0. The number of nitriles is 1. The largest absolute Gasteiger partial charge is 0.396 e. The maximum atomic E-state index is 9.40. The van der Waals surface area contributed by atoms with Crippen LogP contribution in [0.25, 0.3) is 0 Å². The van der Waals surface area contributed by atoms with Gasteiger partial charge in [0.05, 0.1) is 30.9 Å².